The van der Waals surface area contributed by atoms with Crippen LogP contribution >= 0.6 is 0 Å². The van der Waals surface area contributed by atoms with Crippen LogP contribution in [0, 0.1) is 0 Å². The van der Waals surface area contributed by atoms with E-state index in [1.165, 1.54) is 6.07 Å². The van der Waals surface area contributed by atoms with Crippen LogP contribution in [0.15, 0.2) is 39.6 Å². The van der Waals surface area contributed by atoms with Crippen LogP contribution in [0.5, 0.6) is 0 Å². The van der Waals surface area contributed by atoms with E-state index in [9.17, 15) is 9.59 Å². The third-order valence-corrected chi connectivity index (χ3v) is 4.00. The molecule has 0 aliphatic heterocycles. The molecule has 3 aromatic rings. The molecule has 1 atom stereocenters. The van der Waals surface area contributed by atoms with Gasteiger partial charge in [0.05, 0.1) is 5.56 Å². The maximum atomic E-state index is 12.5. The number of pyridine rings is 1. The highest BCUT2D eigenvalue weighted by Gasteiger charge is 2.30. The zero-order valence-electron chi connectivity index (χ0n) is 13.0. The molecule has 0 amide bonds. The first-order valence-electron chi connectivity index (χ1n) is 7.78. The van der Waals surface area contributed by atoms with E-state index in [2.05, 4.69) is 15.1 Å². The maximum Gasteiger partial charge on any atom is 0.339 e. The fraction of sp³-hybridized carbons (Fsp3) is 0.294. The number of carbonyl (C=O) groups is 1. The lowest BCUT2D eigenvalue weighted by atomic mass is 10.1. The predicted octanol–water partition coefficient (Wildman–Crippen LogP) is 2.71. The molecular formula is C17H15N3O4. The summed E-state index contributed by atoms with van der Waals surface area (Å²) in [6.07, 6.45) is 1.44. The van der Waals surface area contributed by atoms with Crippen molar-refractivity contribution < 1.29 is 14.1 Å². The van der Waals surface area contributed by atoms with E-state index in [4.69, 9.17) is 9.26 Å². The minimum atomic E-state index is -0.685. The highest BCUT2D eigenvalue weighted by atomic mass is 16.6. The van der Waals surface area contributed by atoms with E-state index in [0.717, 1.165) is 12.8 Å². The number of H-pyrrole nitrogens is 1. The van der Waals surface area contributed by atoms with Crippen molar-refractivity contribution in [2.75, 3.05) is 0 Å². The van der Waals surface area contributed by atoms with Gasteiger partial charge in [-0.3, -0.25) is 4.79 Å². The van der Waals surface area contributed by atoms with E-state index in [1.807, 2.05) is 0 Å². The lowest BCUT2D eigenvalue weighted by Crippen LogP contribution is -2.14. The number of hydrogen-bond donors (Lipinski definition) is 1. The first kappa shape index (κ1) is 14.6. The summed E-state index contributed by atoms with van der Waals surface area (Å²) in [5.74, 6) is 0.687. The quantitative estimate of drug-likeness (QED) is 0.741. The largest absolute Gasteiger partial charge is 0.449 e. The summed E-state index contributed by atoms with van der Waals surface area (Å²) in [6, 6.07) is 8.30. The van der Waals surface area contributed by atoms with Crippen LogP contribution in [0.25, 0.3) is 10.9 Å². The number of fused-ring (bicyclic) bond motifs is 1. The van der Waals surface area contributed by atoms with Crippen molar-refractivity contribution in [3.05, 3.63) is 58.0 Å². The van der Waals surface area contributed by atoms with Crippen molar-refractivity contribution in [2.45, 2.75) is 31.8 Å². The van der Waals surface area contributed by atoms with Crippen molar-refractivity contribution in [2.24, 2.45) is 0 Å². The topological polar surface area (TPSA) is 98.1 Å². The van der Waals surface area contributed by atoms with Gasteiger partial charge in [0.2, 0.25) is 5.56 Å². The average Bonchev–Trinajstić information content (AvgIpc) is 3.30. The Morgan fingerprint density at radius 2 is 2.17 bits per heavy atom. The number of aromatic amines is 1. The van der Waals surface area contributed by atoms with Crippen LogP contribution in [0.2, 0.25) is 0 Å². The highest BCUT2D eigenvalue weighted by molar-refractivity contribution is 6.03. The Bertz CT molecular complexity index is 971. The predicted molar refractivity (Wildman–Crippen MR) is 84.7 cm³/mol. The lowest BCUT2D eigenvalue weighted by Gasteiger charge is -2.10. The number of rotatable bonds is 4. The molecule has 0 bridgehead atoms. The lowest BCUT2D eigenvalue weighted by molar-refractivity contribution is 0.0267. The first-order valence-corrected chi connectivity index (χ1v) is 7.78. The molecule has 0 radical (unpaired) electrons. The second-order valence-electron chi connectivity index (χ2n) is 5.91. The smallest absolute Gasteiger partial charge is 0.339 e. The number of hydrogen-bond acceptors (Lipinski definition) is 6. The first-order chi connectivity index (χ1) is 11.6. The molecule has 1 aliphatic rings. The number of carbonyl (C=O) groups excluding carboxylic acids is 1. The van der Waals surface area contributed by atoms with Crippen LogP contribution in [0.3, 0.4) is 0 Å². The number of para-hydroxylation sites is 1. The second kappa shape index (κ2) is 5.59. The molecule has 2 aromatic heterocycles. The summed E-state index contributed by atoms with van der Waals surface area (Å²) in [5.41, 5.74) is 0.434. The molecule has 1 fully saturated rings. The van der Waals surface area contributed by atoms with Gasteiger partial charge in [-0.15, -0.1) is 0 Å². The molecule has 1 saturated carbocycles. The molecular weight excluding hydrogens is 310 g/mol. The van der Waals surface area contributed by atoms with Crippen molar-refractivity contribution in [3.8, 4) is 0 Å². The molecule has 7 heteroatoms. The molecule has 24 heavy (non-hydrogen) atoms. The standard InChI is InChI=1S/C17H15N3O4/c1-9(16-19-15(20-24-16)10-6-7-10)23-17(22)12-8-14(21)18-13-5-3-2-4-11(12)13/h2-5,8-10H,6-7H2,1H3,(H,18,21)/t9-/m1/s1. The molecule has 0 unspecified atom stereocenters. The Morgan fingerprint density at radius 3 is 2.96 bits per heavy atom. The molecule has 1 N–H and O–H groups in total. The van der Waals surface area contributed by atoms with Gasteiger partial charge in [0, 0.05) is 22.9 Å². The van der Waals surface area contributed by atoms with E-state index < -0.39 is 12.1 Å². The van der Waals surface area contributed by atoms with Crippen LogP contribution in [-0.4, -0.2) is 21.1 Å². The summed E-state index contributed by atoms with van der Waals surface area (Å²) in [4.78, 5) is 31.2. The molecule has 0 saturated heterocycles. The minimum Gasteiger partial charge on any atom is -0.449 e. The summed E-state index contributed by atoms with van der Waals surface area (Å²) in [5, 5.41) is 4.53. The monoisotopic (exact) mass is 325 g/mol. The fourth-order valence-corrected chi connectivity index (χ4v) is 2.57. The van der Waals surface area contributed by atoms with E-state index >= 15 is 0 Å². The third kappa shape index (κ3) is 2.68. The van der Waals surface area contributed by atoms with Crippen molar-refractivity contribution in [1.29, 1.82) is 0 Å². The molecule has 7 nitrogen and oxygen atoms in total. The maximum absolute atomic E-state index is 12.5. The van der Waals surface area contributed by atoms with Gasteiger partial charge in [0.25, 0.3) is 5.89 Å². The number of benzene rings is 1. The normalized spacial score (nSPS) is 15.4. The second-order valence-corrected chi connectivity index (χ2v) is 5.91. The SMILES string of the molecule is C[C@@H](OC(=O)c1cc(=O)[nH]c2ccccc12)c1nc(C2CC2)no1. The Balaban J connectivity index is 1.60. The molecule has 1 aromatic carbocycles. The van der Waals surface area contributed by atoms with Crippen molar-refractivity contribution >= 4 is 16.9 Å². The molecule has 122 valence electrons. The number of aromatic nitrogens is 3. The Hall–Kier alpha value is -2.96. The van der Waals surface area contributed by atoms with Crippen LogP contribution in [-0.2, 0) is 4.74 Å². The van der Waals surface area contributed by atoms with Gasteiger partial charge in [-0.2, -0.15) is 4.98 Å². The van der Waals surface area contributed by atoms with Gasteiger partial charge in [0.15, 0.2) is 11.9 Å². The van der Waals surface area contributed by atoms with Gasteiger partial charge in [-0.05, 0) is 25.8 Å². The van der Waals surface area contributed by atoms with E-state index in [1.54, 1.807) is 31.2 Å². The fourth-order valence-electron chi connectivity index (χ4n) is 2.57. The molecule has 1 aliphatic carbocycles. The minimum absolute atomic E-state index is 0.211. The highest BCUT2D eigenvalue weighted by Crippen LogP contribution is 2.38. The number of ether oxygens (including phenoxy) is 1. The summed E-state index contributed by atoms with van der Waals surface area (Å²) in [6.45, 7) is 1.66. The average molecular weight is 325 g/mol. The molecule has 2 heterocycles. The summed E-state index contributed by atoms with van der Waals surface area (Å²) < 4.78 is 10.6. The number of nitrogens with zero attached hydrogens (tertiary/aromatic N) is 2. The Kier molecular flexibility index (Phi) is 3.41. The van der Waals surface area contributed by atoms with Crippen molar-refractivity contribution in [3.63, 3.8) is 0 Å². The Labute approximate surface area is 136 Å². The van der Waals surface area contributed by atoms with Crippen LogP contribution in [0.4, 0.5) is 0 Å². The summed E-state index contributed by atoms with van der Waals surface area (Å²) in [7, 11) is 0. The van der Waals surface area contributed by atoms with E-state index in [-0.39, 0.29) is 17.0 Å². The number of esters is 1. The zero-order valence-corrected chi connectivity index (χ0v) is 13.0. The molecule has 4 rings (SSSR count). The van der Waals surface area contributed by atoms with E-state index in [0.29, 0.717) is 22.6 Å². The van der Waals surface area contributed by atoms with Crippen LogP contribution in [0.1, 0.15) is 53.9 Å². The Morgan fingerprint density at radius 1 is 1.38 bits per heavy atom. The molecule has 0 spiro atoms. The zero-order chi connectivity index (χ0) is 16.7. The number of nitrogens with one attached hydrogen (secondary N) is 1. The van der Waals surface area contributed by atoms with Gasteiger partial charge in [0.1, 0.15) is 0 Å². The van der Waals surface area contributed by atoms with Gasteiger partial charge >= 0.3 is 5.97 Å². The summed E-state index contributed by atoms with van der Waals surface area (Å²) >= 11 is 0. The van der Waals surface area contributed by atoms with Gasteiger partial charge in [-0.25, -0.2) is 4.79 Å². The van der Waals surface area contributed by atoms with Gasteiger partial charge < -0.3 is 14.2 Å². The van der Waals surface area contributed by atoms with Crippen LogP contribution < -0.4 is 5.56 Å². The van der Waals surface area contributed by atoms with Crippen molar-refractivity contribution in [1.82, 2.24) is 15.1 Å². The van der Waals surface area contributed by atoms with Gasteiger partial charge in [-0.1, -0.05) is 23.4 Å². The third-order valence-electron chi connectivity index (χ3n) is 4.00.